The molecule has 21 heavy (non-hydrogen) atoms. The Balaban J connectivity index is 1.64. The molecule has 0 aromatic heterocycles. The van der Waals surface area contributed by atoms with Crippen molar-refractivity contribution in [3.63, 3.8) is 0 Å². The van der Waals surface area contributed by atoms with Gasteiger partial charge >= 0.3 is 6.18 Å². The lowest BCUT2D eigenvalue weighted by molar-refractivity contribution is -0.138. The van der Waals surface area contributed by atoms with E-state index in [1.807, 2.05) is 6.92 Å². The molecule has 0 aliphatic heterocycles. The van der Waals surface area contributed by atoms with Gasteiger partial charge in [0.1, 0.15) is 0 Å². The third-order valence-corrected chi connectivity index (χ3v) is 5.30. The number of hydrogen-bond donors (Lipinski definition) is 1. The second kappa shape index (κ2) is 5.64. The molecular formula is C17H22F3N. The zero-order chi connectivity index (χ0) is 15.0. The van der Waals surface area contributed by atoms with Gasteiger partial charge < -0.3 is 5.32 Å². The van der Waals surface area contributed by atoms with E-state index < -0.39 is 11.7 Å². The summed E-state index contributed by atoms with van der Waals surface area (Å²) in [5.41, 5.74) is -0.161. The van der Waals surface area contributed by atoms with Crippen molar-refractivity contribution in [2.24, 2.45) is 17.8 Å². The molecule has 1 aromatic rings. The van der Waals surface area contributed by atoms with Crippen LogP contribution in [0.25, 0.3) is 0 Å². The first-order chi connectivity index (χ1) is 9.95. The minimum Gasteiger partial charge on any atom is -0.310 e. The van der Waals surface area contributed by atoms with Crippen molar-refractivity contribution < 1.29 is 13.2 Å². The van der Waals surface area contributed by atoms with Crippen LogP contribution in [0.5, 0.6) is 0 Å². The maximum Gasteiger partial charge on any atom is 0.416 e. The van der Waals surface area contributed by atoms with Crippen molar-refractivity contribution in [3.8, 4) is 0 Å². The average molecular weight is 297 g/mol. The van der Waals surface area contributed by atoms with Crippen molar-refractivity contribution in [3.05, 3.63) is 35.4 Å². The van der Waals surface area contributed by atoms with Crippen LogP contribution in [0, 0.1) is 17.8 Å². The van der Waals surface area contributed by atoms with Crippen molar-refractivity contribution in [1.29, 1.82) is 0 Å². The van der Waals surface area contributed by atoms with Gasteiger partial charge in [0, 0.05) is 6.04 Å². The lowest BCUT2D eigenvalue weighted by Crippen LogP contribution is -2.29. The highest BCUT2D eigenvalue weighted by molar-refractivity contribution is 5.32. The van der Waals surface area contributed by atoms with Gasteiger partial charge in [-0.05, 0) is 62.1 Å². The fraction of sp³-hybridized carbons (Fsp3) is 0.647. The van der Waals surface area contributed by atoms with E-state index in [4.69, 9.17) is 0 Å². The topological polar surface area (TPSA) is 12.0 Å². The maximum absolute atomic E-state index is 13.0. The number of hydrogen-bond acceptors (Lipinski definition) is 1. The molecule has 4 heteroatoms. The molecular weight excluding hydrogens is 275 g/mol. The quantitative estimate of drug-likeness (QED) is 0.842. The Labute approximate surface area is 123 Å². The first kappa shape index (κ1) is 14.9. The summed E-state index contributed by atoms with van der Waals surface area (Å²) in [7, 11) is 0. The first-order valence-corrected chi connectivity index (χ1v) is 7.84. The van der Waals surface area contributed by atoms with Gasteiger partial charge in [-0.2, -0.15) is 13.2 Å². The lowest BCUT2D eigenvalue weighted by Gasteiger charge is -2.25. The van der Waals surface area contributed by atoms with Crippen LogP contribution in [-0.2, 0) is 6.18 Å². The molecule has 4 unspecified atom stereocenters. The Bertz CT molecular complexity index is 497. The molecule has 3 rings (SSSR count). The van der Waals surface area contributed by atoms with Crippen molar-refractivity contribution >= 4 is 0 Å². The van der Waals surface area contributed by atoms with E-state index >= 15 is 0 Å². The molecule has 1 N–H and O–H groups in total. The second-order valence-electron chi connectivity index (χ2n) is 6.65. The van der Waals surface area contributed by atoms with Gasteiger partial charge in [0.25, 0.3) is 0 Å². The van der Waals surface area contributed by atoms with E-state index in [9.17, 15) is 13.2 Å². The molecule has 0 heterocycles. The summed E-state index contributed by atoms with van der Waals surface area (Å²) in [6.45, 7) is 2.67. The van der Waals surface area contributed by atoms with Gasteiger partial charge in [-0.15, -0.1) is 0 Å². The summed E-state index contributed by atoms with van der Waals surface area (Å²) < 4.78 is 39.1. The van der Waals surface area contributed by atoms with Gasteiger partial charge in [-0.25, -0.2) is 0 Å². The standard InChI is InChI=1S/C17H22F3N/c1-11(15-4-2-3-5-16(15)17(18,19)20)21-10-14-9-12-6-7-13(14)8-12/h2-5,11-14,21H,6-10H2,1H3. The second-order valence-corrected chi connectivity index (χ2v) is 6.65. The molecule has 4 atom stereocenters. The molecule has 2 aliphatic carbocycles. The lowest BCUT2D eigenvalue weighted by atomic mass is 9.88. The Morgan fingerprint density at radius 2 is 1.95 bits per heavy atom. The molecule has 116 valence electrons. The first-order valence-electron chi connectivity index (χ1n) is 7.84. The van der Waals surface area contributed by atoms with Crippen LogP contribution < -0.4 is 5.32 Å². The molecule has 2 fully saturated rings. The molecule has 0 amide bonds. The van der Waals surface area contributed by atoms with Gasteiger partial charge in [0.15, 0.2) is 0 Å². The van der Waals surface area contributed by atoms with Crippen LogP contribution in [0.15, 0.2) is 24.3 Å². The van der Waals surface area contributed by atoms with Gasteiger partial charge in [-0.1, -0.05) is 24.6 Å². The number of fused-ring (bicyclic) bond motifs is 2. The number of rotatable bonds is 4. The van der Waals surface area contributed by atoms with Crippen LogP contribution in [0.2, 0.25) is 0 Å². The molecule has 1 aromatic carbocycles. The van der Waals surface area contributed by atoms with E-state index in [1.54, 1.807) is 12.1 Å². The third kappa shape index (κ3) is 3.10. The van der Waals surface area contributed by atoms with E-state index in [-0.39, 0.29) is 6.04 Å². The summed E-state index contributed by atoms with van der Waals surface area (Å²) in [5, 5.41) is 3.34. The van der Waals surface area contributed by atoms with Gasteiger partial charge in [-0.3, -0.25) is 0 Å². The monoisotopic (exact) mass is 297 g/mol. The smallest absolute Gasteiger partial charge is 0.310 e. The zero-order valence-corrected chi connectivity index (χ0v) is 12.3. The Kier molecular flexibility index (Phi) is 4.00. The summed E-state index contributed by atoms with van der Waals surface area (Å²) in [4.78, 5) is 0. The van der Waals surface area contributed by atoms with E-state index in [0.717, 1.165) is 18.4 Å². The van der Waals surface area contributed by atoms with Crippen LogP contribution in [-0.4, -0.2) is 6.54 Å². The highest BCUT2D eigenvalue weighted by Crippen LogP contribution is 2.48. The molecule has 2 aliphatic rings. The SMILES string of the molecule is CC(NCC1CC2CCC1C2)c1ccccc1C(F)(F)F. The highest BCUT2D eigenvalue weighted by atomic mass is 19.4. The summed E-state index contributed by atoms with van der Waals surface area (Å²) in [6, 6.07) is 5.63. The van der Waals surface area contributed by atoms with Crippen LogP contribution in [0.4, 0.5) is 13.2 Å². The van der Waals surface area contributed by atoms with Crippen molar-refractivity contribution in [1.82, 2.24) is 5.32 Å². The average Bonchev–Trinajstić information content (AvgIpc) is 3.06. The zero-order valence-electron chi connectivity index (χ0n) is 12.3. The van der Waals surface area contributed by atoms with Crippen molar-refractivity contribution in [2.75, 3.05) is 6.54 Å². The summed E-state index contributed by atoms with van der Waals surface area (Å²) in [5.74, 6) is 2.33. The molecule has 0 radical (unpaired) electrons. The van der Waals surface area contributed by atoms with E-state index in [1.165, 1.54) is 37.8 Å². The summed E-state index contributed by atoms with van der Waals surface area (Å²) in [6.07, 6.45) is 0.974. The predicted octanol–water partition coefficient (Wildman–Crippen LogP) is 4.79. The minimum absolute atomic E-state index is 0.262. The normalized spacial score (nSPS) is 29.8. The van der Waals surface area contributed by atoms with Crippen LogP contribution in [0.1, 0.15) is 49.8 Å². The summed E-state index contributed by atoms with van der Waals surface area (Å²) >= 11 is 0. The minimum atomic E-state index is -4.28. The van der Waals surface area contributed by atoms with Crippen LogP contribution >= 0.6 is 0 Å². The molecule has 0 spiro atoms. The molecule has 1 nitrogen and oxygen atoms in total. The van der Waals surface area contributed by atoms with E-state index in [0.29, 0.717) is 11.5 Å². The predicted molar refractivity (Wildman–Crippen MR) is 76.8 cm³/mol. The number of benzene rings is 1. The number of nitrogens with one attached hydrogen (secondary N) is 1. The fourth-order valence-corrected chi connectivity index (χ4v) is 4.20. The van der Waals surface area contributed by atoms with Gasteiger partial charge in [0.05, 0.1) is 5.56 Å². The molecule has 0 saturated heterocycles. The number of alkyl halides is 3. The highest BCUT2D eigenvalue weighted by Gasteiger charge is 2.39. The fourth-order valence-electron chi connectivity index (χ4n) is 4.20. The Morgan fingerprint density at radius 3 is 2.57 bits per heavy atom. The number of halogens is 3. The Morgan fingerprint density at radius 1 is 1.19 bits per heavy atom. The molecule has 2 bridgehead atoms. The Hall–Kier alpha value is -1.03. The van der Waals surface area contributed by atoms with Crippen molar-refractivity contribution in [2.45, 2.75) is 44.8 Å². The van der Waals surface area contributed by atoms with Gasteiger partial charge in [0.2, 0.25) is 0 Å². The largest absolute Gasteiger partial charge is 0.416 e. The third-order valence-electron chi connectivity index (χ3n) is 5.30. The maximum atomic E-state index is 13.0. The van der Waals surface area contributed by atoms with Crippen LogP contribution in [0.3, 0.4) is 0 Å². The van der Waals surface area contributed by atoms with E-state index in [2.05, 4.69) is 5.32 Å². The molecule has 2 saturated carbocycles.